The molecule has 17 heavy (non-hydrogen) atoms. The fourth-order valence-electron chi connectivity index (χ4n) is 2.02. The summed E-state index contributed by atoms with van der Waals surface area (Å²) in [5.74, 6) is -0.707. The summed E-state index contributed by atoms with van der Waals surface area (Å²) in [5.41, 5.74) is 0.430. The SMILES string of the molecule is O=C1CC[C@H]([N+](=O)[O-])[C@@H](c2cccc(F)c2)N1. The summed E-state index contributed by atoms with van der Waals surface area (Å²) in [5, 5.41) is 13.4. The molecule has 0 spiro atoms. The van der Waals surface area contributed by atoms with Crippen molar-refractivity contribution in [2.75, 3.05) is 0 Å². The van der Waals surface area contributed by atoms with E-state index in [-0.39, 0.29) is 18.7 Å². The lowest BCUT2D eigenvalue weighted by atomic mass is 9.92. The fourth-order valence-corrected chi connectivity index (χ4v) is 2.02. The molecule has 5 nitrogen and oxygen atoms in total. The van der Waals surface area contributed by atoms with Gasteiger partial charge in [0, 0.05) is 17.8 Å². The van der Waals surface area contributed by atoms with E-state index >= 15 is 0 Å². The van der Waals surface area contributed by atoms with E-state index in [1.807, 2.05) is 0 Å². The molecule has 0 unspecified atom stereocenters. The third-order valence-electron chi connectivity index (χ3n) is 2.85. The minimum Gasteiger partial charge on any atom is -0.343 e. The highest BCUT2D eigenvalue weighted by Crippen LogP contribution is 2.26. The van der Waals surface area contributed by atoms with E-state index in [1.165, 1.54) is 18.2 Å². The van der Waals surface area contributed by atoms with Crippen molar-refractivity contribution in [1.82, 2.24) is 5.32 Å². The third kappa shape index (κ3) is 2.41. The number of nitrogens with zero attached hydrogens (tertiary/aromatic N) is 1. The molecule has 2 rings (SSSR count). The first-order valence-electron chi connectivity index (χ1n) is 5.26. The number of carbonyl (C=O) groups is 1. The van der Waals surface area contributed by atoms with Crippen molar-refractivity contribution in [2.45, 2.75) is 24.9 Å². The molecule has 0 radical (unpaired) electrons. The lowest BCUT2D eigenvalue weighted by Crippen LogP contribution is -2.45. The first-order chi connectivity index (χ1) is 8.08. The number of rotatable bonds is 2. The van der Waals surface area contributed by atoms with E-state index in [9.17, 15) is 19.3 Å². The van der Waals surface area contributed by atoms with Crippen LogP contribution in [0.3, 0.4) is 0 Å². The Morgan fingerprint density at radius 2 is 2.24 bits per heavy atom. The van der Waals surface area contributed by atoms with Crippen LogP contribution in [0.15, 0.2) is 24.3 Å². The molecule has 1 N–H and O–H groups in total. The summed E-state index contributed by atoms with van der Waals surface area (Å²) < 4.78 is 13.1. The third-order valence-corrected chi connectivity index (χ3v) is 2.85. The smallest absolute Gasteiger partial charge is 0.237 e. The monoisotopic (exact) mass is 238 g/mol. The van der Waals surface area contributed by atoms with E-state index < -0.39 is 22.8 Å². The van der Waals surface area contributed by atoms with Gasteiger partial charge < -0.3 is 5.32 Å². The Morgan fingerprint density at radius 1 is 1.47 bits per heavy atom. The standard InChI is InChI=1S/C11H11FN2O3/c12-8-3-1-2-7(6-8)11-9(14(16)17)4-5-10(15)13-11/h1-3,6,9,11H,4-5H2,(H,13,15)/t9-,11+/m0/s1. The van der Waals surface area contributed by atoms with Gasteiger partial charge in [0.2, 0.25) is 11.9 Å². The van der Waals surface area contributed by atoms with Crippen molar-refractivity contribution < 1.29 is 14.1 Å². The maximum absolute atomic E-state index is 13.1. The van der Waals surface area contributed by atoms with Gasteiger partial charge in [0.1, 0.15) is 11.9 Å². The van der Waals surface area contributed by atoms with Crippen LogP contribution in [0.2, 0.25) is 0 Å². The van der Waals surface area contributed by atoms with Crippen LogP contribution in [0.5, 0.6) is 0 Å². The molecule has 2 atom stereocenters. The molecule has 1 aromatic rings. The van der Waals surface area contributed by atoms with Crippen molar-refractivity contribution >= 4 is 5.91 Å². The Balaban J connectivity index is 2.32. The predicted molar refractivity (Wildman–Crippen MR) is 57.3 cm³/mol. The van der Waals surface area contributed by atoms with Gasteiger partial charge >= 0.3 is 0 Å². The van der Waals surface area contributed by atoms with Crippen molar-refractivity contribution in [3.63, 3.8) is 0 Å². The largest absolute Gasteiger partial charge is 0.343 e. The van der Waals surface area contributed by atoms with Crippen molar-refractivity contribution in [3.8, 4) is 0 Å². The topological polar surface area (TPSA) is 72.2 Å². The molecule has 6 heteroatoms. The van der Waals surface area contributed by atoms with Crippen LogP contribution in [-0.4, -0.2) is 16.9 Å². The number of hydrogen-bond acceptors (Lipinski definition) is 3. The molecule has 1 aromatic carbocycles. The van der Waals surface area contributed by atoms with Gasteiger partial charge in [-0.15, -0.1) is 0 Å². The van der Waals surface area contributed by atoms with E-state index in [0.29, 0.717) is 5.56 Å². The molecule has 1 saturated heterocycles. The molecular formula is C11H11FN2O3. The molecule has 0 saturated carbocycles. The predicted octanol–water partition coefficient (Wildman–Crippen LogP) is 1.42. The van der Waals surface area contributed by atoms with Crippen molar-refractivity contribution in [1.29, 1.82) is 0 Å². The Morgan fingerprint density at radius 3 is 2.88 bits per heavy atom. The second-order valence-corrected chi connectivity index (χ2v) is 3.99. The van der Waals surface area contributed by atoms with E-state index in [2.05, 4.69) is 5.32 Å². The zero-order valence-electron chi connectivity index (χ0n) is 8.93. The molecule has 0 bridgehead atoms. The number of amides is 1. The Hall–Kier alpha value is -1.98. The lowest BCUT2D eigenvalue weighted by molar-refractivity contribution is -0.529. The molecule has 0 aromatic heterocycles. The fraction of sp³-hybridized carbons (Fsp3) is 0.364. The average molecular weight is 238 g/mol. The van der Waals surface area contributed by atoms with Gasteiger partial charge in [-0.05, 0) is 17.7 Å². The van der Waals surface area contributed by atoms with Gasteiger partial charge in [0.25, 0.3) is 0 Å². The lowest BCUT2D eigenvalue weighted by Gasteiger charge is -2.26. The van der Waals surface area contributed by atoms with Gasteiger partial charge in [-0.25, -0.2) is 4.39 Å². The summed E-state index contributed by atoms with van der Waals surface area (Å²) in [6.07, 6.45) is 0.317. The van der Waals surface area contributed by atoms with Crippen LogP contribution in [0.1, 0.15) is 24.4 Å². The number of nitro groups is 1. The molecule has 1 amide bonds. The Labute approximate surface area is 96.8 Å². The molecule has 1 heterocycles. The van der Waals surface area contributed by atoms with Gasteiger partial charge in [0.15, 0.2) is 0 Å². The molecule has 1 fully saturated rings. The summed E-state index contributed by atoms with van der Waals surface area (Å²) in [4.78, 5) is 21.7. The van der Waals surface area contributed by atoms with Crippen molar-refractivity contribution in [3.05, 3.63) is 45.8 Å². The van der Waals surface area contributed by atoms with Crippen LogP contribution < -0.4 is 5.32 Å². The zero-order chi connectivity index (χ0) is 12.4. The Bertz CT molecular complexity index is 464. The maximum atomic E-state index is 13.1. The first-order valence-corrected chi connectivity index (χ1v) is 5.26. The second kappa shape index (κ2) is 4.48. The molecule has 90 valence electrons. The highest BCUT2D eigenvalue weighted by molar-refractivity contribution is 5.77. The highest BCUT2D eigenvalue weighted by atomic mass is 19.1. The van der Waals surface area contributed by atoms with Crippen LogP contribution in [-0.2, 0) is 4.79 Å². The summed E-state index contributed by atoms with van der Waals surface area (Å²) in [6, 6.07) is 3.89. The molecule has 0 aliphatic carbocycles. The van der Waals surface area contributed by atoms with Crippen LogP contribution in [0.4, 0.5) is 4.39 Å². The van der Waals surface area contributed by atoms with Gasteiger partial charge in [0.05, 0.1) is 0 Å². The van der Waals surface area contributed by atoms with Crippen LogP contribution in [0.25, 0.3) is 0 Å². The van der Waals surface area contributed by atoms with Gasteiger partial charge in [-0.2, -0.15) is 0 Å². The van der Waals surface area contributed by atoms with E-state index in [4.69, 9.17) is 0 Å². The molecule has 1 aliphatic rings. The number of nitrogens with one attached hydrogen (secondary N) is 1. The quantitative estimate of drug-likeness (QED) is 0.625. The average Bonchev–Trinajstić information content (AvgIpc) is 2.28. The summed E-state index contributed by atoms with van der Waals surface area (Å²) in [7, 11) is 0. The van der Waals surface area contributed by atoms with Crippen LogP contribution in [0, 0.1) is 15.9 Å². The number of benzene rings is 1. The van der Waals surface area contributed by atoms with E-state index in [0.717, 1.165) is 0 Å². The maximum Gasteiger partial charge on any atom is 0.237 e. The summed E-state index contributed by atoms with van der Waals surface area (Å²) in [6.45, 7) is 0. The second-order valence-electron chi connectivity index (χ2n) is 3.99. The van der Waals surface area contributed by atoms with Crippen molar-refractivity contribution in [2.24, 2.45) is 0 Å². The minimum atomic E-state index is -0.894. The zero-order valence-corrected chi connectivity index (χ0v) is 8.93. The molecular weight excluding hydrogens is 227 g/mol. The number of hydrogen-bond donors (Lipinski definition) is 1. The van der Waals surface area contributed by atoms with E-state index in [1.54, 1.807) is 6.07 Å². The summed E-state index contributed by atoms with van der Waals surface area (Å²) >= 11 is 0. The first kappa shape index (κ1) is 11.5. The normalized spacial score (nSPS) is 24.2. The Kier molecular flexibility index (Phi) is 3.03. The van der Waals surface area contributed by atoms with Gasteiger partial charge in [-0.3, -0.25) is 14.9 Å². The highest BCUT2D eigenvalue weighted by Gasteiger charge is 2.38. The molecule has 1 aliphatic heterocycles. The number of halogens is 1. The number of carbonyl (C=O) groups excluding carboxylic acids is 1. The van der Waals surface area contributed by atoms with Gasteiger partial charge in [-0.1, -0.05) is 12.1 Å². The van der Waals surface area contributed by atoms with Crippen LogP contribution >= 0.6 is 0 Å². The minimum absolute atomic E-state index is 0.136. The number of piperidine rings is 1.